The molecule has 0 bridgehead atoms. The van der Waals surface area contributed by atoms with Crippen LogP contribution in [-0.4, -0.2) is 27.5 Å². The van der Waals surface area contributed by atoms with Crippen molar-refractivity contribution in [3.63, 3.8) is 0 Å². The lowest BCUT2D eigenvalue weighted by Crippen LogP contribution is -2.43. The average molecular weight is 401 g/mol. The molecule has 0 radical (unpaired) electrons. The van der Waals surface area contributed by atoms with Crippen LogP contribution in [-0.2, 0) is 31.4 Å². The van der Waals surface area contributed by atoms with Crippen molar-refractivity contribution >= 4 is 16.0 Å². The van der Waals surface area contributed by atoms with E-state index in [9.17, 15) is 13.2 Å². The van der Waals surface area contributed by atoms with E-state index >= 15 is 0 Å². The van der Waals surface area contributed by atoms with E-state index in [2.05, 4.69) is 4.72 Å². The van der Waals surface area contributed by atoms with Crippen molar-refractivity contribution in [2.45, 2.75) is 43.5 Å². The molecule has 1 atom stereocenters. The molecule has 0 aliphatic heterocycles. The van der Waals surface area contributed by atoms with Gasteiger partial charge in [-0.3, -0.25) is 4.79 Å². The summed E-state index contributed by atoms with van der Waals surface area (Å²) in [4.78, 5) is 12.2. The maximum absolute atomic E-state index is 12.8. The van der Waals surface area contributed by atoms with Crippen LogP contribution < -0.4 is 4.72 Å². The number of esters is 1. The molecule has 2 aromatic carbocycles. The quantitative estimate of drug-likeness (QED) is 0.752. The second-order valence-corrected chi connectivity index (χ2v) is 9.20. The summed E-state index contributed by atoms with van der Waals surface area (Å²) in [6.45, 7) is 6.12. The summed E-state index contributed by atoms with van der Waals surface area (Å²) in [6, 6.07) is 14.1. The third-order valence-corrected chi connectivity index (χ3v) is 5.80. The number of hydrogen-bond donors (Lipinski definition) is 1. The third-order valence-electron chi connectivity index (χ3n) is 4.31. The molecule has 28 heavy (non-hydrogen) atoms. The minimum Gasteiger partial charge on any atom is -0.468 e. The van der Waals surface area contributed by atoms with E-state index in [1.807, 2.05) is 26.8 Å². The molecule has 7 heteroatoms. The van der Waals surface area contributed by atoms with Crippen molar-refractivity contribution < 1.29 is 17.9 Å². The number of hydrogen-bond acceptors (Lipinski definition) is 5. The summed E-state index contributed by atoms with van der Waals surface area (Å²) < 4.78 is 32.7. The Morgan fingerprint density at radius 2 is 1.82 bits per heavy atom. The van der Waals surface area contributed by atoms with E-state index in [1.54, 1.807) is 36.4 Å². The number of methoxy groups -OCH3 is 1. The molecular weight excluding hydrogens is 376 g/mol. The van der Waals surface area contributed by atoms with Gasteiger partial charge in [0.2, 0.25) is 10.0 Å². The van der Waals surface area contributed by atoms with Crippen LogP contribution in [0.3, 0.4) is 0 Å². The molecular formula is C21H24N2O4S. The first-order valence-corrected chi connectivity index (χ1v) is 10.2. The average Bonchev–Trinajstić information content (AvgIpc) is 2.66. The summed E-state index contributed by atoms with van der Waals surface area (Å²) in [5, 5.41) is 9.01. The lowest BCUT2D eigenvalue weighted by molar-refractivity contribution is -0.142. The van der Waals surface area contributed by atoms with E-state index in [0.29, 0.717) is 11.1 Å². The monoisotopic (exact) mass is 400 g/mol. The number of rotatable bonds is 6. The molecule has 0 fully saturated rings. The topological polar surface area (TPSA) is 96.3 Å². The van der Waals surface area contributed by atoms with Crippen LogP contribution >= 0.6 is 0 Å². The van der Waals surface area contributed by atoms with Crippen LogP contribution in [0.25, 0.3) is 0 Å². The van der Waals surface area contributed by atoms with Crippen LogP contribution in [0.15, 0.2) is 53.4 Å². The highest BCUT2D eigenvalue weighted by atomic mass is 32.2. The summed E-state index contributed by atoms with van der Waals surface area (Å²) >= 11 is 0. The van der Waals surface area contributed by atoms with Gasteiger partial charge in [-0.1, -0.05) is 45.0 Å². The first-order chi connectivity index (χ1) is 13.1. The second kappa shape index (κ2) is 8.55. The molecule has 1 unspecified atom stereocenters. The van der Waals surface area contributed by atoms with Crippen LogP contribution in [0.2, 0.25) is 0 Å². The zero-order chi connectivity index (χ0) is 20.9. The third kappa shape index (κ3) is 5.41. The molecule has 1 N–H and O–H groups in total. The van der Waals surface area contributed by atoms with Gasteiger partial charge < -0.3 is 4.74 Å². The molecule has 0 saturated heterocycles. The van der Waals surface area contributed by atoms with Gasteiger partial charge in [0, 0.05) is 0 Å². The molecule has 2 aromatic rings. The standard InChI is InChI=1S/C21H24N2O4S/c1-21(2,3)17-8-10-18(11-9-17)28(25,26)23-19(20(24)27-4)13-15-6-5-7-16(12-15)14-22/h5-12,19,23H,13H2,1-4H3. The first kappa shape index (κ1) is 21.6. The van der Waals surface area contributed by atoms with E-state index in [-0.39, 0.29) is 16.7 Å². The highest BCUT2D eigenvalue weighted by Gasteiger charge is 2.27. The van der Waals surface area contributed by atoms with Gasteiger partial charge >= 0.3 is 5.97 Å². The number of sulfonamides is 1. The first-order valence-electron chi connectivity index (χ1n) is 8.76. The second-order valence-electron chi connectivity index (χ2n) is 7.49. The Balaban J connectivity index is 2.27. The van der Waals surface area contributed by atoms with Crippen molar-refractivity contribution in [3.05, 3.63) is 65.2 Å². The fourth-order valence-electron chi connectivity index (χ4n) is 2.71. The maximum Gasteiger partial charge on any atom is 0.324 e. The van der Waals surface area contributed by atoms with E-state index in [0.717, 1.165) is 5.56 Å². The smallest absolute Gasteiger partial charge is 0.324 e. The van der Waals surface area contributed by atoms with Crippen molar-refractivity contribution in [3.8, 4) is 6.07 Å². The number of benzene rings is 2. The summed E-state index contributed by atoms with van der Waals surface area (Å²) in [5.41, 5.74) is 1.99. The van der Waals surface area contributed by atoms with E-state index in [4.69, 9.17) is 10.00 Å². The van der Waals surface area contributed by atoms with Crippen molar-refractivity contribution in [1.29, 1.82) is 5.26 Å². The Bertz CT molecular complexity index is 984. The summed E-state index contributed by atoms with van der Waals surface area (Å²) in [6.07, 6.45) is 0.0709. The Hall–Kier alpha value is -2.69. The van der Waals surface area contributed by atoms with Gasteiger partial charge in [-0.05, 0) is 47.2 Å². The zero-order valence-electron chi connectivity index (χ0n) is 16.4. The van der Waals surface area contributed by atoms with E-state index in [1.165, 1.54) is 19.2 Å². The molecule has 6 nitrogen and oxygen atoms in total. The fraction of sp³-hybridized carbons (Fsp3) is 0.333. The number of carbonyl (C=O) groups excluding carboxylic acids is 1. The zero-order valence-corrected chi connectivity index (χ0v) is 17.2. The van der Waals surface area contributed by atoms with Gasteiger partial charge in [0.1, 0.15) is 6.04 Å². The molecule has 0 spiro atoms. The van der Waals surface area contributed by atoms with Gasteiger partial charge in [0.05, 0.1) is 23.6 Å². The minimum absolute atomic E-state index is 0.0696. The fourth-order valence-corrected chi connectivity index (χ4v) is 3.89. The maximum atomic E-state index is 12.8. The van der Waals surface area contributed by atoms with Gasteiger partial charge in [-0.2, -0.15) is 9.98 Å². The molecule has 2 rings (SSSR count). The molecule has 148 valence electrons. The molecule has 0 heterocycles. The largest absolute Gasteiger partial charge is 0.468 e. The summed E-state index contributed by atoms with van der Waals surface area (Å²) in [7, 11) is -2.73. The van der Waals surface area contributed by atoms with Crippen LogP contribution in [0, 0.1) is 11.3 Å². The number of ether oxygens (including phenoxy) is 1. The van der Waals surface area contributed by atoms with Gasteiger partial charge in [-0.25, -0.2) is 8.42 Å². The van der Waals surface area contributed by atoms with Crippen LogP contribution in [0.5, 0.6) is 0 Å². The number of nitriles is 1. The Morgan fingerprint density at radius 1 is 1.18 bits per heavy atom. The Morgan fingerprint density at radius 3 is 2.36 bits per heavy atom. The van der Waals surface area contributed by atoms with Crippen molar-refractivity contribution in [2.75, 3.05) is 7.11 Å². The van der Waals surface area contributed by atoms with E-state index < -0.39 is 22.0 Å². The Kier molecular flexibility index (Phi) is 6.60. The molecule has 0 saturated carbocycles. The van der Waals surface area contributed by atoms with Crippen LogP contribution in [0.1, 0.15) is 37.5 Å². The van der Waals surface area contributed by atoms with Gasteiger partial charge in [0.25, 0.3) is 0 Å². The molecule has 0 amide bonds. The lowest BCUT2D eigenvalue weighted by Gasteiger charge is -2.20. The normalized spacial score (nSPS) is 12.8. The van der Waals surface area contributed by atoms with Crippen LogP contribution in [0.4, 0.5) is 0 Å². The Labute approximate surface area is 166 Å². The highest BCUT2D eigenvalue weighted by Crippen LogP contribution is 2.23. The highest BCUT2D eigenvalue weighted by molar-refractivity contribution is 7.89. The molecule has 0 aliphatic carbocycles. The number of carbonyl (C=O) groups is 1. The predicted molar refractivity (Wildman–Crippen MR) is 106 cm³/mol. The predicted octanol–water partition coefficient (Wildman–Crippen LogP) is 2.92. The molecule has 0 aliphatic rings. The minimum atomic E-state index is -3.93. The number of nitrogens with zero attached hydrogens (tertiary/aromatic N) is 1. The van der Waals surface area contributed by atoms with Gasteiger partial charge in [-0.15, -0.1) is 0 Å². The van der Waals surface area contributed by atoms with Gasteiger partial charge in [0.15, 0.2) is 0 Å². The summed E-state index contributed by atoms with van der Waals surface area (Å²) in [5.74, 6) is -0.697. The molecule has 0 aromatic heterocycles. The van der Waals surface area contributed by atoms with Crippen molar-refractivity contribution in [2.24, 2.45) is 0 Å². The lowest BCUT2D eigenvalue weighted by atomic mass is 9.87. The van der Waals surface area contributed by atoms with Crippen molar-refractivity contribution in [1.82, 2.24) is 4.72 Å². The SMILES string of the molecule is COC(=O)C(Cc1cccc(C#N)c1)NS(=O)(=O)c1ccc(C(C)(C)C)cc1. The number of nitrogens with one attached hydrogen (secondary N) is 1.